The summed E-state index contributed by atoms with van der Waals surface area (Å²) in [7, 11) is 0. The summed E-state index contributed by atoms with van der Waals surface area (Å²) in [6, 6.07) is 3.91. The Hall–Kier alpha value is -2.70. The number of ether oxygens (including phenoxy) is 1. The van der Waals surface area contributed by atoms with Gasteiger partial charge >= 0.3 is 5.97 Å². The van der Waals surface area contributed by atoms with E-state index in [2.05, 4.69) is 0 Å². The lowest BCUT2D eigenvalue weighted by atomic mass is 9.94. The number of amides is 1. The molecule has 1 amide bonds. The van der Waals surface area contributed by atoms with Gasteiger partial charge in [-0.25, -0.2) is 8.78 Å². The van der Waals surface area contributed by atoms with Gasteiger partial charge in [0.25, 0.3) is 5.91 Å². The van der Waals surface area contributed by atoms with E-state index >= 15 is 0 Å². The minimum atomic E-state index is -0.880. The molecule has 4 rings (SSSR count). The minimum absolute atomic E-state index is 0.0539. The molecule has 2 aliphatic rings. The molecule has 0 atom stereocenters. The SMILES string of the molecule is CCOC(=O)C1CCN(C(=O)c2c(C)c3c(n2Cc2ccc(F)c(F)c2)CCCC3)CC1. The van der Waals surface area contributed by atoms with Crippen molar-refractivity contribution in [1.29, 1.82) is 0 Å². The van der Waals surface area contributed by atoms with Crippen molar-refractivity contribution in [2.75, 3.05) is 19.7 Å². The molecule has 172 valence electrons. The average molecular weight is 445 g/mol. The number of halogens is 2. The minimum Gasteiger partial charge on any atom is -0.466 e. The van der Waals surface area contributed by atoms with E-state index < -0.39 is 11.6 Å². The third kappa shape index (κ3) is 4.30. The normalized spacial score (nSPS) is 16.7. The Balaban J connectivity index is 1.62. The van der Waals surface area contributed by atoms with Crippen molar-refractivity contribution in [3.63, 3.8) is 0 Å². The molecule has 2 aromatic rings. The summed E-state index contributed by atoms with van der Waals surface area (Å²) in [5, 5.41) is 0. The van der Waals surface area contributed by atoms with Gasteiger partial charge in [0.2, 0.25) is 0 Å². The van der Waals surface area contributed by atoms with Gasteiger partial charge < -0.3 is 14.2 Å². The first kappa shape index (κ1) is 22.5. The second-order valence-corrected chi connectivity index (χ2v) is 8.76. The van der Waals surface area contributed by atoms with Gasteiger partial charge in [-0.15, -0.1) is 0 Å². The number of esters is 1. The number of likely N-dealkylation sites (tertiary alicyclic amines) is 1. The van der Waals surface area contributed by atoms with Crippen LogP contribution in [0, 0.1) is 24.5 Å². The van der Waals surface area contributed by atoms with E-state index in [9.17, 15) is 18.4 Å². The molecule has 1 fully saturated rings. The Kier molecular flexibility index (Phi) is 6.63. The van der Waals surface area contributed by atoms with Crippen LogP contribution in [0.15, 0.2) is 18.2 Å². The summed E-state index contributed by atoms with van der Waals surface area (Å²) in [6.07, 6.45) is 5.12. The van der Waals surface area contributed by atoms with Crippen molar-refractivity contribution in [1.82, 2.24) is 9.47 Å². The van der Waals surface area contributed by atoms with E-state index in [0.717, 1.165) is 43.0 Å². The van der Waals surface area contributed by atoms with Crippen LogP contribution < -0.4 is 0 Å². The van der Waals surface area contributed by atoms with E-state index in [0.29, 0.717) is 50.3 Å². The smallest absolute Gasteiger partial charge is 0.309 e. The highest BCUT2D eigenvalue weighted by atomic mass is 19.2. The fourth-order valence-electron chi connectivity index (χ4n) is 5.07. The maximum atomic E-state index is 13.8. The molecule has 32 heavy (non-hydrogen) atoms. The van der Waals surface area contributed by atoms with Crippen LogP contribution in [0.4, 0.5) is 8.78 Å². The summed E-state index contributed by atoms with van der Waals surface area (Å²) in [6.45, 7) is 5.48. The Morgan fingerprint density at radius 2 is 1.81 bits per heavy atom. The number of carbonyl (C=O) groups excluding carboxylic acids is 2. The van der Waals surface area contributed by atoms with Crippen LogP contribution in [0.2, 0.25) is 0 Å². The Labute approximate surface area is 187 Å². The Bertz CT molecular complexity index is 1020. The fourth-order valence-corrected chi connectivity index (χ4v) is 5.07. The first-order chi connectivity index (χ1) is 15.4. The van der Waals surface area contributed by atoms with Crippen LogP contribution in [0.1, 0.15) is 65.5 Å². The number of carbonyl (C=O) groups is 2. The number of hydrogen-bond donors (Lipinski definition) is 0. The molecule has 5 nitrogen and oxygen atoms in total. The topological polar surface area (TPSA) is 51.5 Å². The van der Waals surface area contributed by atoms with Crippen molar-refractivity contribution in [2.24, 2.45) is 5.92 Å². The van der Waals surface area contributed by atoms with Crippen LogP contribution in [0.3, 0.4) is 0 Å². The maximum absolute atomic E-state index is 13.8. The molecular formula is C25H30F2N2O3. The van der Waals surface area contributed by atoms with Gasteiger partial charge in [-0.1, -0.05) is 6.07 Å². The lowest BCUT2D eigenvalue weighted by Gasteiger charge is -2.31. The molecule has 0 N–H and O–H groups in total. The first-order valence-corrected chi connectivity index (χ1v) is 11.5. The predicted molar refractivity (Wildman–Crippen MR) is 117 cm³/mol. The monoisotopic (exact) mass is 444 g/mol. The Morgan fingerprint density at radius 1 is 1.09 bits per heavy atom. The standard InChI is InChI=1S/C25H30F2N2O3/c1-3-32-25(31)18-10-12-28(13-11-18)24(30)23-16(2)19-6-4-5-7-22(19)29(23)15-17-8-9-20(26)21(27)14-17/h8-9,14,18H,3-7,10-13,15H2,1-2H3. The molecule has 0 radical (unpaired) electrons. The predicted octanol–water partition coefficient (Wildman–Crippen LogP) is 4.42. The van der Waals surface area contributed by atoms with Crippen LogP contribution in [0.5, 0.6) is 0 Å². The molecule has 0 unspecified atom stereocenters. The molecule has 1 aliphatic heterocycles. The summed E-state index contributed by atoms with van der Waals surface area (Å²) in [5.74, 6) is -2.16. The van der Waals surface area contributed by atoms with Crippen LogP contribution in [-0.2, 0) is 28.9 Å². The van der Waals surface area contributed by atoms with Crippen LogP contribution in [-0.4, -0.2) is 41.0 Å². The highest BCUT2D eigenvalue weighted by Crippen LogP contribution is 2.32. The summed E-state index contributed by atoms with van der Waals surface area (Å²) in [5.41, 5.74) is 4.59. The van der Waals surface area contributed by atoms with Gasteiger partial charge in [0.05, 0.1) is 12.5 Å². The zero-order valence-corrected chi connectivity index (χ0v) is 18.8. The lowest BCUT2D eigenvalue weighted by molar-refractivity contribution is -0.149. The maximum Gasteiger partial charge on any atom is 0.309 e. The third-order valence-electron chi connectivity index (χ3n) is 6.77. The van der Waals surface area contributed by atoms with E-state index in [1.807, 2.05) is 16.4 Å². The second-order valence-electron chi connectivity index (χ2n) is 8.76. The second kappa shape index (κ2) is 9.43. The highest BCUT2D eigenvalue weighted by molar-refractivity contribution is 5.95. The van der Waals surface area contributed by atoms with E-state index in [4.69, 9.17) is 4.74 Å². The molecule has 1 aromatic carbocycles. The van der Waals surface area contributed by atoms with Crippen molar-refractivity contribution in [2.45, 2.75) is 58.9 Å². The number of piperidine rings is 1. The summed E-state index contributed by atoms with van der Waals surface area (Å²) in [4.78, 5) is 27.5. The van der Waals surface area contributed by atoms with E-state index in [1.165, 1.54) is 11.6 Å². The number of rotatable bonds is 5. The van der Waals surface area contributed by atoms with E-state index in [1.54, 1.807) is 13.0 Å². The number of fused-ring (bicyclic) bond motifs is 1. The van der Waals surface area contributed by atoms with Gasteiger partial charge in [-0.2, -0.15) is 0 Å². The van der Waals surface area contributed by atoms with Crippen molar-refractivity contribution in [3.8, 4) is 0 Å². The molecule has 0 saturated carbocycles. The molecule has 1 aromatic heterocycles. The quantitative estimate of drug-likeness (QED) is 0.642. The summed E-state index contributed by atoms with van der Waals surface area (Å²) >= 11 is 0. The van der Waals surface area contributed by atoms with Gasteiger partial charge in [0.1, 0.15) is 5.69 Å². The van der Waals surface area contributed by atoms with Crippen molar-refractivity contribution >= 4 is 11.9 Å². The van der Waals surface area contributed by atoms with Gasteiger partial charge in [0, 0.05) is 25.3 Å². The van der Waals surface area contributed by atoms with Crippen molar-refractivity contribution < 1.29 is 23.1 Å². The molecular weight excluding hydrogens is 414 g/mol. The zero-order valence-electron chi connectivity index (χ0n) is 18.8. The molecule has 1 saturated heterocycles. The van der Waals surface area contributed by atoms with E-state index in [-0.39, 0.29) is 17.8 Å². The molecule has 0 bridgehead atoms. The number of aromatic nitrogens is 1. The number of nitrogens with zero attached hydrogens (tertiary/aromatic N) is 2. The van der Waals surface area contributed by atoms with Gasteiger partial charge in [-0.3, -0.25) is 9.59 Å². The zero-order chi connectivity index (χ0) is 22.8. The van der Waals surface area contributed by atoms with Crippen molar-refractivity contribution in [3.05, 3.63) is 57.9 Å². The van der Waals surface area contributed by atoms with Crippen LogP contribution >= 0.6 is 0 Å². The first-order valence-electron chi connectivity index (χ1n) is 11.5. The number of hydrogen-bond acceptors (Lipinski definition) is 3. The lowest BCUT2D eigenvalue weighted by Crippen LogP contribution is -2.41. The molecule has 0 spiro atoms. The third-order valence-corrected chi connectivity index (χ3v) is 6.77. The molecule has 7 heteroatoms. The fraction of sp³-hybridized carbons (Fsp3) is 0.520. The largest absolute Gasteiger partial charge is 0.466 e. The average Bonchev–Trinajstić information content (AvgIpc) is 3.08. The highest BCUT2D eigenvalue weighted by Gasteiger charge is 2.33. The molecule has 1 aliphatic carbocycles. The molecule has 2 heterocycles. The Morgan fingerprint density at radius 3 is 2.50 bits per heavy atom. The van der Waals surface area contributed by atoms with Crippen LogP contribution in [0.25, 0.3) is 0 Å². The van der Waals surface area contributed by atoms with Gasteiger partial charge in [0.15, 0.2) is 11.6 Å². The number of benzene rings is 1. The summed E-state index contributed by atoms with van der Waals surface area (Å²) < 4.78 is 34.4. The van der Waals surface area contributed by atoms with Gasteiger partial charge in [-0.05, 0) is 81.2 Å².